The Kier molecular flexibility index (Phi) is 15.5. The molecule has 0 spiro atoms. The van der Waals surface area contributed by atoms with Gasteiger partial charge < -0.3 is 37.3 Å². The molecule has 0 amide bonds. The second-order valence-corrected chi connectivity index (χ2v) is 33.7. The van der Waals surface area contributed by atoms with Crippen molar-refractivity contribution in [2.24, 2.45) is 0 Å². The summed E-state index contributed by atoms with van der Waals surface area (Å²) < 4.78 is 44.9. The Morgan fingerprint density at radius 1 is 0.192 bits per heavy atom. The van der Waals surface area contributed by atoms with E-state index >= 15 is 0 Å². The number of hydrogen-bond donors (Lipinski definition) is 0. The number of rotatable bonds is 12. The second-order valence-electron chi connectivity index (χ2n) is 33.7. The maximum absolute atomic E-state index is 9.53. The third-order valence-corrected chi connectivity index (χ3v) is 24.4. The van der Waals surface area contributed by atoms with Crippen LogP contribution in [0.3, 0.4) is 0 Å². The number of benzene rings is 20. The van der Waals surface area contributed by atoms with Crippen molar-refractivity contribution in [1.82, 2.24) is 0 Å². The molecule has 0 atom stereocenters. The summed E-state index contributed by atoms with van der Waals surface area (Å²) in [5.74, 6) is 0. The van der Waals surface area contributed by atoms with Crippen molar-refractivity contribution in [1.29, 1.82) is 0 Å². The molecule has 0 saturated carbocycles. The maximum atomic E-state index is 9.53. The topological polar surface area (TPSA) is 65.5 Å². The van der Waals surface area contributed by atoms with Gasteiger partial charge in [0.25, 0.3) is 0 Å². The normalized spacial score (nSPS) is 12.5. The van der Waals surface area contributed by atoms with Crippen molar-refractivity contribution in [3.05, 3.63) is 387 Å². The van der Waals surface area contributed by atoms with Crippen LogP contribution in [-0.4, -0.2) is 0 Å². The number of nitrogens with zero attached hydrogens (tertiary/aromatic N) is 4. The van der Waals surface area contributed by atoms with E-state index in [9.17, 15) is 2.74 Å². The van der Waals surface area contributed by atoms with Gasteiger partial charge in [0.1, 0.15) is 44.7 Å². The molecule has 0 fully saturated rings. The first-order chi connectivity index (χ1) is 59.6. The highest BCUT2D eigenvalue weighted by atomic mass is 16.3. The molecule has 4 aromatic heterocycles. The van der Waals surface area contributed by atoms with Crippen molar-refractivity contribution in [3.8, 4) is 0 Å². The van der Waals surface area contributed by atoms with Crippen LogP contribution in [0.1, 0.15) is 55.4 Å². The monoisotopic (exact) mass is 1550 g/mol. The predicted molar refractivity (Wildman–Crippen MR) is 506 cm³/mol. The highest BCUT2D eigenvalue weighted by Gasteiger charge is 2.32. The van der Waals surface area contributed by atoms with Crippen LogP contribution in [0.15, 0.2) is 394 Å². The Bertz CT molecular complexity index is 7800. The molecule has 0 unspecified atom stereocenters. The summed E-state index contributed by atoms with van der Waals surface area (Å²) in [6.45, 7) is 14.1. The van der Waals surface area contributed by atoms with Crippen LogP contribution >= 0.6 is 0 Å². The molecule has 8 nitrogen and oxygen atoms in total. The molecule has 0 aliphatic carbocycles. The van der Waals surface area contributed by atoms with E-state index in [1.807, 2.05) is 97.1 Å². The van der Waals surface area contributed by atoms with E-state index in [-0.39, 0.29) is 10.8 Å². The minimum atomic E-state index is -0.162. The fourth-order valence-electron chi connectivity index (χ4n) is 19.0. The van der Waals surface area contributed by atoms with Gasteiger partial charge in [0.05, 0.1) is 25.5 Å². The Morgan fingerprint density at radius 2 is 0.433 bits per heavy atom. The number of fused-ring (bicyclic) bond motifs is 12. The Balaban J connectivity index is 0.000000142. The largest absolute Gasteiger partial charge is 0.456 e. The lowest BCUT2D eigenvalue weighted by Gasteiger charge is -2.33. The highest BCUT2D eigenvalue weighted by Crippen LogP contribution is 2.55. The molecule has 0 aliphatic rings. The van der Waals surface area contributed by atoms with Gasteiger partial charge in [0.2, 0.25) is 0 Å². The summed E-state index contributed by atoms with van der Waals surface area (Å²) in [5.41, 5.74) is 21.3. The second kappa shape index (κ2) is 27.2. The molecule has 24 rings (SSSR count). The van der Waals surface area contributed by atoms with Gasteiger partial charge >= 0.3 is 0 Å². The molecular weight excluding hydrogens is 1470 g/mol. The third-order valence-electron chi connectivity index (χ3n) is 24.4. The van der Waals surface area contributed by atoms with Crippen molar-refractivity contribution >= 4 is 221 Å². The van der Waals surface area contributed by atoms with E-state index in [0.29, 0.717) is 12.1 Å². The molecule has 8 heteroatoms. The van der Waals surface area contributed by atoms with Gasteiger partial charge in [-0.05, 0) is 223 Å². The average Bonchev–Trinajstić information content (AvgIpc) is 0.849. The quantitative estimate of drug-likeness (QED) is 0.112. The fraction of sp³-hybridized carbons (Fsp3) is 0.0714. The van der Waals surface area contributed by atoms with Crippen LogP contribution < -0.4 is 19.6 Å². The Hall–Kier alpha value is -15.1. The summed E-state index contributed by atoms with van der Waals surface area (Å²) >= 11 is 0. The molecule has 0 saturated heterocycles. The van der Waals surface area contributed by atoms with Gasteiger partial charge in [0, 0.05) is 134 Å². The molecule has 0 bridgehead atoms. The summed E-state index contributed by atoms with van der Waals surface area (Å²) in [6, 6.07) is 129. The van der Waals surface area contributed by atoms with Crippen molar-refractivity contribution in [2.45, 2.75) is 52.4 Å². The van der Waals surface area contributed by atoms with Gasteiger partial charge in [-0.25, -0.2) is 0 Å². The van der Waals surface area contributed by atoms with Gasteiger partial charge in [-0.1, -0.05) is 236 Å². The lowest BCUT2D eigenvalue weighted by Crippen LogP contribution is -2.17. The van der Waals surface area contributed by atoms with Crippen LogP contribution in [0, 0.1) is 0 Å². The first kappa shape index (κ1) is 68.1. The summed E-state index contributed by atoms with van der Waals surface area (Å²) in [6.07, 6.45) is 0. The number of furan rings is 4. The van der Waals surface area contributed by atoms with Crippen molar-refractivity contribution in [3.63, 3.8) is 0 Å². The minimum absolute atomic E-state index is 0.162. The van der Waals surface area contributed by atoms with Crippen LogP contribution in [0.4, 0.5) is 68.2 Å². The first-order valence-electron chi connectivity index (χ1n) is 42.2. The van der Waals surface area contributed by atoms with E-state index in [4.69, 9.17) is 17.7 Å². The molecule has 0 radical (unpaired) electrons. The summed E-state index contributed by atoms with van der Waals surface area (Å²) in [4.78, 5) is 9.31. The van der Waals surface area contributed by atoms with E-state index in [0.717, 1.165) is 188 Å². The average molecular weight is 1550 g/mol. The number of para-hydroxylation sites is 8. The molecule has 572 valence electrons. The molecule has 0 aliphatic heterocycles. The third kappa shape index (κ3) is 11.3. The Labute approximate surface area is 695 Å². The molecular formula is C112H80N4O4. The zero-order chi connectivity index (χ0) is 82.0. The Morgan fingerprint density at radius 3 is 0.717 bits per heavy atom. The van der Waals surface area contributed by atoms with E-state index in [1.54, 1.807) is 0 Å². The SMILES string of the molecule is CC(C)(C)c1cc2c(N(c3ccccc3)c3ccc4c(c3)oc3ccccc34)ccc3c(C(C)(C)C)cc4c(N(c5ccccc5)c5ccc6c(c5)oc5ccccc56)ccc1c4c23.[2H]c1cc2c(N(c3ccccc3)c3ccc4c(c3)oc3ccccc34)ccc3c([2H])cc4c(N(c5ccccc5)c5ccc6c(c5)oc5ccccc56)ccc1c4c32. The van der Waals surface area contributed by atoms with E-state index < -0.39 is 0 Å². The molecule has 4 heterocycles. The van der Waals surface area contributed by atoms with Crippen LogP contribution in [-0.2, 0) is 10.8 Å². The fourth-order valence-corrected chi connectivity index (χ4v) is 19.0. The van der Waals surface area contributed by atoms with Crippen LogP contribution in [0.25, 0.3) is 152 Å². The van der Waals surface area contributed by atoms with E-state index in [2.05, 4.69) is 328 Å². The maximum Gasteiger partial charge on any atom is 0.137 e. The van der Waals surface area contributed by atoms with Crippen molar-refractivity contribution < 1.29 is 20.4 Å². The standard InChI is InChI=1S/C60H48N2O2.C52H32N2O2/c1-59(2,3)49-35-47-51(61(37-17-9-7-10-18-37)39-25-27-43-41-21-13-15-23-53(41)63-55(43)33-39)32-30-46-50(60(4,5)6)36-48-52(31-29-45(49)57(48)58(46)47)62(38-19-11-8-12-20-38)40-26-28-44-42-22-14-16-24-54(42)64-56(44)34-40;1-3-11-35(12-4-1)53(37-23-27-41-39-15-7-9-17-47(39)55-49(41)31-37)45-29-21-33-20-26-44-46(30-22-34-19-25-43(45)51(33)52(34)44)54(36-13-5-2-6-14-36)38-24-28-42-40-16-8-10-18-48(40)56-50(42)32-38/h7-36H,1-6H3;1-32H/i;19D,20D. The number of anilines is 12. The van der Waals surface area contributed by atoms with Crippen LogP contribution in [0.5, 0.6) is 0 Å². The van der Waals surface area contributed by atoms with Crippen LogP contribution in [0.2, 0.25) is 0 Å². The summed E-state index contributed by atoms with van der Waals surface area (Å²) in [7, 11) is 0. The summed E-state index contributed by atoms with van der Waals surface area (Å²) in [5, 5.41) is 21.7. The van der Waals surface area contributed by atoms with Gasteiger partial charge in [0.15, 0.2) is 0 Å². The molecule has 0 N–H and O–H groups in total. The predicted octanol–water partition coefficient (Wildman–Crippen LogP) is 33.2. The number of hydrogen-bond acceptors (Lipinski definition) is 8. The molecule has 24 aromatic rings. The smallest absolute Gasteiger partial charge is 0.137 e. The minimum Gasteiger partial charge on any atom is -0.456 e. The van der Waals surface area contributed by atoms with Gasteiger partial charge in [-0.2, -0.15) is 0 Å². The molecule has 20 aromatic carbocycles. The lowest BCUT2D eigenvalue weighted by molar-refractivity contribution is 0.595. The van der Waals surface area contributed by atoms with E-state index in [1.165, 1.54) is 43.4 Å². The molecule has 120 heavy (non-hydrogen) atoms. The lowest BCUT2D eigenvalue weighted by atomic mass is 9.76. The zero-order valence-electron chi connectivity index (χ0n) is 69.1. The van der Waals surface area contributed by atoms with Gasteiger partial charge in [-0.15, -0.1) is 0 Å². The van der Waals surface area contributed by atoms with Crippen molar-refractivity contribution in [2.75, 3.05) is 19.6 Å². The highest BCUT2D eigenvalue weighted by molar-refractivity contribution is 6.31. The van der Waals surface area contributed by atoms with Gasteiger partial charge in [-0.3, -0.25) is 0 Å². The first-order valence-corrected chi connectivity index (χ1v) is 41.2. The zero-order valence-corrected chi connectivity index (χ0v) is 67.1.